The summed E-state index contributed by atoms with van der Waals surface area (Å²) in [5.74, 6) is 1.07. The van der Waals surface area contributed by atoms with Crippen molar-refractivity contribution in [3.8, 4) is 0 Å². The van der Waals surface area contributed by atoms with Gasteiger partial charge in [-0.15, -0.1) is 0 Å². The Morgan fingerprint density at radius 1 is 1.09 bits per heavy atom. The Morgan fingerprint density at radius 2 is 2.00 bits per heavy atom. The van der Waals surface area contributed by atoms with Gasteiger partial charge in [-0.2, -0.15) is 0 Å². The topological polar surface area (TPSA) is 41.1 Å². The minimum Gasteiger partial charge on any atom is -0.356 e. The van der Waals surface area contributed by atoms with E-state index in [0.717, 1.165) is 40.5 Å². The van der Waals surface area contributed by atoms with Crippen molar-refractivity contribution in [2.75, 3.05) is 22.7 Å². The second kappa shape index (κ2) is 6.08. The number of anilines is 2. The van der Waals surface area contributed by atoms with Crippen molar-refractivity contribution in [3.05, 3.63) is 54.2 Å². The molecular weight excluding hydrogens is 304 g/mol. The van der Waals surface area contributed by atoms with Crippen LogP contribution in [0.5, 0.6) is 0 Å². The molecule has 0 radical (unpaired) electrons. The maximum absolute atomic E-state index is 4.86. The standard InChI is InChI=1S/C18H18N4S/c1-13-5-3-10-19-18(13)23-21-15-7-2-6-14-8-9-16(20-17(14)15)22-11-4-12-22/h2-3,5-10,21H,4,11-12H2,1H3. The van der Waals surface area contributed by atoms with Crippen molar-refractivity contribution in [2.24, 2.45) is 0 Å². The van der Waals surface area contributed by atoms with Crippen LogP contribution in [0.1, 0.15) is 12.0 Å². The van der Waals surface area contributed by atoms with Crippen molar-refractivity contribution in [3.63, 3.8) is 0 Å². The fourth-order valence-corrected chi connectivity index (χ4v) is 3.34. The van der Waals surface area contributed by atoms with Crippen LogP contribution in [0, 0.1) is 6.92 Å². The van der Waals surface area contributed by atoms with Crippen LogP contribution in [-0.2, 0) is 0 Å². The smallest absolute Gasteiger partial charge is 0.129 e. The van der Waals surface area contributed by atoms with Crippen molar-refractivity contribution in [1.82, 2.24) is 9.97 Å². The van der Waals surface area contributed by atoms with Crippen LogP contribution in [0.2, 0.25) is 0 Å². The zero-order chi connectivity index (χ0) is 15.6. The number of benzene rings is 1. The van der Waals surface area contributed by atoms with E-state index in [0.29, 0.717) is 0 Å². The summed E-state index contributed by atoms with van der Waals surface area (Å²) in [7, 11) is 0. The third-order valence-electron chi connectivity index (χ3n) is 4.10. The number of nitrogens with one attached hydrogen (secondary N) is 1. The second-order valence-corrected chi connectivity index (χ2v) is 6.51. The van der Waals surface area contributed by atoms with Gasteiger partial charge >= 0.3 is 0 Å². The first-order valence-electron chi connectivity index (χ1n) is 7.80. The molecule has 2 aromatic heterocycles. The molecule has 4 nitrogen and oxygen atoms in total. The normalized spacial score (nSPS) is 13.9. The van der Waals surface area contributed by atoms with Crippen LogP contribution >= 0.6 is 11.9 Å². The number of nitrogens with zero attached hydrogens (tertiary/aromatic N) is 3. The zero-order valence-corrected chi connectivity index (χ0v) is 13.8. The van der Waals surface area contributed by atoms with Crippen molar-refractivity contribution < 1.29 is 0 Å². The molecule has 5 heteroatoms. The first kappa shape index (κ1) is 14.3. The molecule has 0 unspecified atom stereocenters. The van der Waals surface area contributed by atoms with Crippen LogP contribution in [0.15, 0.2) is 53.7 Å². The fraction of sp³-hybridized carbons (Fsp3) is 0.222. The van der Waals surface area contributed by atoms with Crippen LogP contribution in [0.25, 0.3) is 10.9 Å². The molecule has 0 saturated carbocycles. The van der Waals surface area contributed by atoms with Crippen molar-refractivity contribution in [1.29, 1.82) is 0 Å². The van der Waals surface area contributed by atoms with Gasteiger partial charge in [-0.05, 0) is 43.2 Å². The van der Waals surface area contributed by atoms with Crippen LogP contribution in [-0.4, -0.2) is 23.1 Å². The lowest BCUT2D eigenvalue weighted by atomic mass is 10.1. The van der Waals surface area contributed by atoms with Crippen molar-refractivity contribution >= 4 is 34.4 Å². The molecule has 0 amide bonds. The first-order valence-corrected chi connectivity index (χ1v) is 8.62. The number of hydrogen-bond donors (Lipinski definition) is 1. The highest BCUT2D eigenvalue weighted by Gasteiger charge is 2.16. The van der Waals surface area contributed by atoms with E-state index in [9.17, 15) is 0 Å². The molecule has 3 heterocycles. The van der Waals surface area contributed by atoms with Gasteiger partial charge in [0.2, 0.25) is 0 Å². The average Bonchev–Trinajstić information content (AvgIpc) is 2.52. The van der Waals surface area contributed by atoms with E-state index in [1.807, 2.05) is 12.3 Å². The summed E-state index contributed by atoms with van der Waals surface area (Å²) in [6.45, 7) is 4.28. The van der Waals surface area contributed by atoms with Gasteiger partial charge in [0.25, 0.3) is 0 Å². The number of aryl methyl sites for hydroxylation is 1. The predicted octanol–water partition coefficient (Wildman–Crippen LogP) is 4.27. The largest absolute Gasteiger partial charge is 0.356 e. The first-order chi connectivity index (χ1) is 11.3. The van der Waals surface area contributed by atoms with E-state index in [4.69, 9.17) is 4.98 Å². The monoisotopic (exact) mass is 322 g/mol. The Bertz CT molecular complexity index is 845. The van der Waals surface area contributed by atoms with E-state index in [1.54, 1.807) is 0 Å². The van der Waals surface area contributed by atoms with Gasteiger partial charge in [0.05, 0.1) is 11.2 Å². The summed E-state index contributed by atoms with van der Waals surface area (Å²) < 4.78 is 3.42. The van der Waals surface area contributed by atoms with E-state index in [2.05, 4.69) is 57.9 Å². The van der Waals surface area contributed by atoms with Crippen LogP contribution in [0.4, 0.5) is 11.5 Å². The second-order valence-electron chi connectivity index (χ2n) is 5.72. The quantitative estimate of drug-likeness (QED) is 0.727. The maximum Gasteiger partial charge on any atom is 0.129 e. The maximum atomic E-state index is 4.86. The molecule has 0 aliphatic carbocycles. The highest BCUT2D eigenvalue weighted by atomic mass is 32.2. The van der Waals surface area contributed by atoms with E-state index in [1.165, 1.54) is 23.9 Å². The molecule has 116 valence electrons. The minimum atomic E-state index is 0.989. The number of fused-ring (bicyclic) bond motifs is 1. The Balaban J connectivity index is 1.64. The molecule has 1 fully saturated rings. The van der Waals surface area contributed by atoms with Gasteiger partial charge in [-0.25, -0.2) is 9.97 Å². The Morgan fingerprint density at radius 3 is 2.78 bits per heavy atom. The van der Waals surface area contributed by atoms with Gasteiger partial charge in [0, 0.05) is 36.6 Å². The van der Waals surface area contributed by atoms with Crippen LogP contribution in [0.3, 0.4) is 0 Å². The summed E-state index contributed by atoms with van der Waals surface area (Å²) in [6.07, 6.45) is 3.08. The summed E-state index contributed by atoms with van der Waals surface area (Å²) in [4.78, 5) is 11.6. The fourth-order valence-electron chi connectivity index (χ4n) is 2.62. The summed E-state index contributed by atoms with van der Waals surface area (Å²) in [6, 6.07) is 14.5. The van der Waals surface area contributed by atoms with Crippen LogP contribution < -0.4 is 9.62 Å². The number of hydrogen-bond acceptors (Lipinski definition) is 5. The molecule has 1 aliphatic rings. The van der Waals surface area contributed by atoms with E-state index < -0.39 is 0 Å². The van der Waals surface area contributed by atoms with E-state index in [-0.39, 0.29) is 0 Å². The van der Waals surface area contributed by atoms with Crippen molar-refractivity contribution in [2.45, 2.75) is 18.4 Å². The molecule has 1 aromatic carbocycles. The van der Waals surface area contributed by atoms with Gasteiger partial charge in [-0.1, -0.05) is 18.2 Å². The number of para-hydroxylation sites is 1. The lowest BCUT2D eigenvalue weighted by Gasteiger charge is -2.32. The molecule has 1 N–H and O–H groups in total. The van der Waals surface area contributed by atoms with Gasteiger partial charge in [-0.3, -0.25) is 0 Å². The Hall–Kier alpha value is -2.27. The van der Waals surface area contributed by atoms with E-state index >= 15 is 0 Å². The minimum absolute atomic E-state index is 0.989. The summed E-state index contributed by atoms with van der Waals surface area (Å²) in [5, 5.41) is 2.14. The highest BCUT2D eigenvalue weighted by molar-refractivity contribution is 8.00. The van der Waals surface area contributed by atoms with Gasteiger partial charge in [0.1, 0.15) is 10.8 Å². The molecule has 0 atom stereocenters. The molecule has 1 saturated heterocycles. The average molecular weight is 322 g/mol. The SMILES string of the molecule is Cc1cccnc1SNc1cccc2ccc(N3CCC3)nc12. The third kappa shape index (κ3) is 2.84. The molecule has 23 heavy (non-hydrogen) atoms. The predicted molar refractivity (Wildman–Crippen MR) is 97.0 cm³/mol. The lowest BCUT2D eigenvalue weighted by Crippen LogP contribution is -2.37. The number of rotatable bonds is 4. The molecule has 1 aliphatic heterocycles. The summed E-state index contributed by atoms with van der Waals surface area (Å²) >= 11 is 1.53. The Kier molecular flexibility index (Phi) is 3.79. The van der Waals surface area contributed by atoms with Gasteiger partial charge in [0.15, 0.2) is 0 Å². The molecule has 0 bridgehead atoms. The third-order valence-corrected chi connectivity index (χ3v) is 5.05. The molecule has 3 aromatic rings. The number of pyridine rings is 2. The highest BCUT2D eigenvalue weighted by Crippen LogP contribution is 2.29. The molecular formula is C18H18N4S. The summed E-state index contributed by atoms with van der Waals surface area (Å²) in [5.41, 5.74) is 3.21. The van der Waals surface area contributed by atoms with Gasteiger partial charge < -0.3 is 9.62 Å². The molecule has 0 spiro atoms. The lowest BCUT2D eigenvalue weighted by molar-refractivity contribution is 0.611. The number of aromatic nitrogens is 2. The Labute approximate surface area is 140 Å². The zero-order valence-electron chi connectivity index (χ0n) is 13.0. The molecule has 4 rings (SSSR count).